The van der Waals surface area contributed by atoms with Crippen LogP contribution in [0.5, 0.6) is 0 Å². The highest BCUT2D eigenvalue weighted by Gasteiger charge is 2.43. The molecule has 0 radical (unpaired) electrons. The van der Waals surface area contributed by atoms with Gasteiger partial charge in [-0.15, -0.1) is 23.7 Å². The van der Waals surface area contributed by atoms with Crippen LogP contribution >= 0.6 is 23.7 Å². The number of nitrogens with zero attached hydrogens (tertiary/aromatic N) is 3. The van der Waals surface area contributed by atoms with Crippen molar-refractivity contribution in [1.82, 2.24) is 25.4 Å². The van der Waals surface area contributed by atoms with E-state index in [0.29, 0.717) is 32.4 Å². The third-order valence-corrected chi connectivity index (χ3v) is 5.58. The summed E-state index contributed by atoms with van der Waals surface area (Å²) in [6.07, 6.45) is 0.444. The predicted molar refractivity (Wildman–Crippen MR) is 97.8 cm³/mol. The lowest BCUT2D eigenvalue weighted by atomic mass is 9.87. The molecule has 11 heteroatoms. The summed E-state index contributed by atoms with van der Waals surface area (Å²) in [5, 5.41) is 11.6. The lowest BCUT2D eigenvalue weighted by molar-refractivity contribution is -0.140. The molecule has 1 atom stereocenters. The largest absolute Gasteiger partial charge is 0.434 e. The van der Waals surface area contributed by atoms with Crippen molar-refractivity contribution >= 4 is 29.7 Å². The van der Waals surface area contributed by atoms with Gasteiger partial charge < -0.3 is 10.6 Å². The Morgan fingerprint density at radius 3 is 2.67 bits per heavy atom. The molecule has 3 heterocycles. The number of carbonyl (C=O) groups excluding carboxylic acids is 1. The highest BCUT2D eigenvalue weighted by molar-refractivity contribution is 7.09. The number of amides is 1. The number of hydrogen-bond acceptors (Lipinski definition) is 5. The summed E-state index contributed by atoms with van der Waals surface area (Å²) in [6, 6.07) is 1.19. The summed E-state index contributed by atoms with van der Waals surface area (Å²) in [5.74, 6) is -0.238. The minimum atomic E-state index is -4.48. The van der Waals surface area contributed by atoms with Crippen LogP contribution in [0.2, 0.25) is 0 Å². The summed E-state index contributed by atoms with van der Waals surface area (Å²) >= 11 is 0.914. The smallest absolute Gasteiger partial charge is 0.345 e. The number of halogens is 4. The van der Waals surface area contributed by atoms with Crippen LogP contribution in [0.3, 0.4) is 0 Å². The summed E-state index contributed by atoms with van der Waals surface area (Å²) in [5.41, 5.74) is -1.76. The summed E-state index contributed by atoms with van der Waals surface area (Å²) < 4.78 is 40.1. The standard InChI is InChI=1S/C16H20F3N5OS.ClH/c1-2-11(13-23-12(10-26-13)16(17,18)19)22-14(25)15(4-7-20-8-5-15)24-9-3-6-21-24;/h3,6,9-11,20H,2,4-5,7-8H2,1H3,(H,22,25);1H. The average molecular weight is 424 g/mol. The number of alkyl halides is 3. The Kier molecular flexibility index (Phi) is 6.87. The van der Waals surface area contributed by atoms with Crippen molar-refractivity contribution in [3.05, 3.63) is 34.5 Å². The second-order valence-electron chi connectivity index (χ2n) is 6.24. The second kappa shape index (κ2) is 8.57. The molecule has 1 aliphatic rings. The normalized spacial score (nSPS) is 17.8. The SMILES string of the molecule is CCC(NC(=O)C1(n2cccn2)CCNCC1)c1nc(C(F)(F)F)cs1.Cl. The van der Waals surface area contributed by atoms with Crippen LogP contribution in [0, 0.1) is 0 Å². The van der Waals surface area contributed by atoms with Gasteiger partial charge in [0.05, 0.1) is 6.04 Å². The Labute approximate surface area is 165 Å². The molecule has 150 valence electrons. The van der Waals surface area contributed by atoms with E-state index in [9.17, 15) is 18.0 Å². The maximum absolute atomic E-state index is 13.1. The van der Waals surface area contributed by atoms with Crippen molar-refractivity contribution in [3.63, 3.8) is 0 Å². The molecule has 0 bridgehead atoms. The Balaban J connectivity index is 0.00000261. The van der Waals surface area contributed by atoms with Crippen molar-refractivity contribution in [2.45, 2.75) is 43.9 Å². The Morgan fingerprint density at radius 1 is 1.44 bits per heavy atom. The second-order valence-corrected chi connectivity index (χ2v) is 7.12. The number of piperidine rings is 1. The van der Waals surface area contributed by atoms with E-state index in [1.54, 1.807) is 23.1 Å². The fourth-order valence-corrected chi connectivity index (χ4v) is 4.09. The van der Waals surface area contributed by atoms with Crippen molar-refractivity contribution < 1.29 is 18.0 Å². The first-order chi connectivity index (χ1) is 12.4. The predicted octanol–water partition coefficient (Wildman–Crippen LogP) is 3.13. The minimum Gasteiger partial charge on any atom is -0.345 e. The van der Waals surface area contributed by atoms with Gasteiger partial charge in [-0.3, -0.25) is 9.48 Å². The molecule has 1 aliphatic heterocycles. The first-order valence-electron chi connectivity index (χ1n) is 8.41. The third-order valence-electron chi connectivity index (χ3n) is 4.62. The third kappa shape index (κ3) is 4.44. The van der Waals surface area contributed by atoms with E-state index in [1.165, 1.54) is 0 Å². The Bertz CT molecular complexity index is 744. The fourth-order valence-electron chi connectivity index (χ4n) is 3.13. The molecule has 6 nitrogen and oxygen atoms in total. The van der Waals surface area contributed by atoms with Gasteiger partial charge in [-0.1, -0.05) is 6.92 Å². The molecule has 1 fully saturated rings. The zero-order valence-electron chi connectivity index (χ0n) is 14.6. The van der Waals surface area contributed by atoms with Gasteiger partial charge in [0.1, 0.15) is 10.5 Å². The number of carbonyl (C=O) groups is 1. The molecular weight excluding hydrogens is 403 g/mol. The van der Waals surface area contributed by atoms with E-state index in [1.807, 2.05) is 6.92 Å². The molecule has 2 aromatic rings. The Hall–Kier alpha value is -1.65. The van der Waals surface area contributed by atoms with Crippen molar-refractivity contribution in [2.24, 2.45) is 0 Å². The van der Waals surface area contributed by atoms with Gasteiger partial charge in [0, 0.05) is 17.8 Å². The van der Waals surface area contributed by atoms with Gasteiger partial charge in [0.15, 0.2) is 5.69 Å². The van der Waals surface area contributed by atoms with Crippen LogP contribution in [0.1, 0.15) is 42.9 Å². The molecule has 1 unspecified atom stereocenters. The van der Waals surface area contributed by atoms with E-state index in [-0.39, 0.29) is 23.3 Å². The number of rotatable bonds is 5. The molecule has 0 saturated carbocycles. The monoisotopic (exact) mass is 423 g/mol. The van der Waals surface area contributed by atoms with Crippen LogP contribution in [0.25, 0.3) is 0 Å². The van der Waals surface area contributed by atoms with Gasteiger partial charge in [0.2, 0.25) is 5.91 Å². The lowest BCUT2D eigenvalue weighted by Gasteiger charge is -2.37. The molecule has 0 aromatic carbocycles. The summed E-state index contributed by atoms with van der Waals surface area (Å²) in [7, 11) is 0. The topological polar surface area (TPSA) is 71.8 Å². The molecule has 3 rings (SSSR count). The van der Waals surface area contributed by atoms with Gasteiger partial charge in [0.25, 0.3) is 0 Å². The lowest BCUT2D eigenvalue weighted by Crippen LogP contribution is -2.55. The van der Waals surface area contributed by atoms with E-state index in [0.717, 1.165) is 16.7 Å². The molecule has 0 spiro atoms. The molecule has 2 N–H and O–H groups in total. The highest BCUT2D eigenvalue weighted by atomic mass is 35.5. The quantitative estimate of drug-likeness (QED) is 0.775. The van der Waals surface area contributed by atoms with Crippen LogP contribution in [0.15, 0.2) is 23.8 Å². The molecular formula is C16H21ClF3N5OS. The molecule has 1 saturated heterocycles. The van der Waals surface area contributed by atoms with Crippen molar-refractivity contribution in [3.8, 4) is 0 Å². The van der Waals surface area contributed by atoms with Crippen LogP contribution in [-0.2, 0) is 16.5 Å². The van der Waals surface area contributed by atoms with Gasteiger partial charge >= 0.3 is 6.18 Å². The van der Waals surface area contributed by atoms with Gasteiger partial charge in [-0.25, -0.2) is 4.98 Å². The zero-order chi connectivity index (χ0) is 18.8. The van der Waals surface area contributed by atoms with E-state index >= 15 is 0 Å². The van der Waals surface area contributed by atoms with E-state index < -0.39 is 23.5 Å². The minimum absolute atomic E-state index is 0. The van der Waals surface area contributed by atoms with Crippen molar-refractivity contribution in [1.29, 1.82) is 0 Å². The first-order valence-corrected chi connectivity index (χ1v) is 9.29. The number of aromatic nitrogens is 3. The van der Waals surface area contributed by atoms with Crippen molar-refractivity contribution in [2.75, 3.05) is 13.1 Å². The fraction of sp³-hybridized carbons (Fsp3) is 0.562. The van der Waals surface area contributed by atoms with Crippen LogP contribution < -0.4 is 10.6 Å². The zero-order valence-corrected chi connectivity index (χ0v) is 16.3. The highest BCUT2D eigenvalue weighted by Crippen LogP contribution is 2.33. The van der Waals surface area contributed by atoms with Crippen LogP contribution in [0.4, 0.5) is 13.2 Å². The maximum atomic E-state index is 13.1. The summed E-state index contributed by atoms with van der Waals surface area (Å²) in [6.45, 7) is 3.14. The molecule has 2 aromatic heterocycles. The first kappa shape index (κ1) is 21.6. The van der Waals surface area contributed by atoms with Gasteiger partial charge in [-0.05, 0) is 38.4 Å². The Morgan fingerprint density at radius 2 is 2.15 bits per heavy atom. The maximum Gasteiger partial charge on any atom is 0.434 e. The molecule has 0 aliphatic carbocycles. The number of hydrogen-bond donors (Lipinski definition) is 2. The number of thiazole rings is 1. The van der Waals surface area contributed by atoms with E-state index in [2.05, 4.69) is 20.7 Å². The average Bonchev–Trinajstić information content (AvgIpc) is 3.31. The molecule has 27 heavy (non-hydrogen) atoms. The van der Waals surface area contributed by atoms with Gasteiger partial charge in [-0.2, -0.15) is 18.3 Å². The molecule has 1 amide bonds. The number of nitrogens with one attached hydrogen (secondary N) is 2. The van der Waals surface area contributed by atoms with Crippen LogP contribution in [-0.4, -0.2) is 33.8 Å². The van der Waals surface area contributed by atoms with E-state index in [4.69, 9.17) is 0 Å². The summed E-state index contributed by atoms with van der Waals surface area (Å²) in [4.78, 5) is 16.8.